The number of halogens is 1. The number of ether oxygens (including phenoxy) is 2. The molecule has 0 aliphatic carbocycles. The van der Waals surface area contributed by atoms with Crippen LogP contribution in [-0.2, 0) is 19.4 Å². The fraction of sp³-hybridized carbons (Fsp3) is 0.357. The summed E-state index contributed by atoms with van der Waals surface area (Å²) in [4.78, 5) is 4.29. The number of hydrogen-bond acceptors (Lipinski definition) is 5. The number of aromatic nitrogens is 2. The molecule has 112 valence electrons. The number of imidazole rings is 1. The van der Waals surface area contributed by atoms with Crippen LogP contribution < -0.4 is 9.47 Å². The van der Waals surface area contributed by atoms with Crippen LogP contribution in [-0.4, -0.2) is 27.9 Å². The molecule has 0 radical (unpaired) electrons. The fourth-order valence-corrected chi connectivity index (χ4v) is 3.29. The Labute approximate surface area is 131 Å². The van der Waals surface area contributed by atoms with Gasteiger partial charge in [-0.1, -0.05) is 23.4 Å². The number of thioether (sulfide) groups is 1. The molecule has 5 nitrogen and oxygen atoms in total. The molecule has 21 heavy (non-hydrogen) atoms. The molecule has 2 aromatic rings. The highest BCUT2D eigenvalue weighted by atomic mass is 35.5. The number of rotatable bonds is 4. The van der Waals surface area contributed by atoms with Crippen LogP contribution in [0.25, 0.3) is 0 Å². The molecule has 0 bridgehead atoms. The maximum absolute atomic E-state index is 9.17. The first-order chi connectivity index (χ1) is 10.2. The van der Waals surface area contributed by atoms with Crippen molar-refractivity contribution in [2.45, 2.75) is 17.5 Å². The summed E-state index contributed by atoms with van der Waals surface area (Å²) < 4.78 is 12.9. The number of hydrogen-bond donors (Lipinski definition) is 1. The van der Waals surface area contributed by atoms with Gasteiger partial charge >= 0.3 is 0 Å². The van der Waals surface area contributed by atoms with Crippen molar-refractivity contribution in [3.8, 4) is 11.5 Å². The Bertz CT molecular complexity index is 660. The summed E-state index contributed by atoms with van der Waals surface area (Å²) in [6.45, 7) is 1.05. The van der Waals surface area contributed by atoms with Crippen LogP contribution in [0.15, 0.2) is 23.5 Å². The Morgan fingerprint density at radius 2 is 2.19 bits per heavy atom. The van der Waals surface area contributed by atoms with Crippen LogP contribution >= 0.6 is 23.4 Å². The van der Waals surface area contributed by atoms with Gasteiger partial charge in [-0.25, -0.2) is 4.98 Å². The lowest BCUT2D eigenvalue weighted by Gasteiger charge is -2.20. The maximum Gasteiger partial charge on any atom is 0.179 e. The van der Waals surface area contributed by atoms with Gasteiger partial charge in [-0.05, 0) is 17.7 Å². The molecule has 0 saturated carbocycles. The summed E-state index contributed by atoms with van der Waals surface area (Å²) in [5.74, 6) is 2.03. The van der Waals surface area contributed by atoms with Crippen LogP contribution in [0.5, 0.6) is 11.5 Å². The summed E-state index contributed by atoms with van der Waals surface area (Å²) >= 11 is 7.80. The van der Waals surface area contributed by atoms with Crippen molar-refractivity contribution in [3.05, 3.63) is 34.6 Å². The normalized spacial score (nSPS) is 13.5. The average molecular weight is 327 g/mol. The van der Waals surface area contributed by atoms with Crippen LogP contribution in [0.3, 0.4) is 0 Å². The lowest BCUT2D eigenvalue weighted by Crippen LogP contribution is -2.15. The van der Waals surface area contributed by atoms with Gasteiger partial charge in [0.25, 0.3) is 0 Å². The second-order valence-corrected chi connectivity index (χ2v) is 5.99. The van der Waals surface area contributed by atoms with Crippen molar-refractivity contribution in [1.82, 2.24) is 9.55 Å². The van der Waals surface area contributed by atoms with E-state index in [1.54, 1.807) is 18.0 Å². The van der Waals surface area contributed by atoms with Gasteiger partial charge in [-0.3, -0.25) is 0 Å². The van der Waals surface area contributed by atoms with Crippen molar-refractivity contribution in [2.24, 2.45) is 7.05 Å². The highest BCUT2D eigenvalue weighted by molar-refractivity contribution is 7.98. The van der Waals surface area contributed by atoms with Gasteiger partial charge in [-0.2, -0.15) is 0 Å². The van der Waals surface area contributed by atoms with Crippen LogP contribution in [0.4, 0.5) is 0 Å². The van der Waals surface area contributed by atoms with Gasteiger partial charge in [0.2, 0.25) is 0 Å². The Balaban J connectivity index is 1.76. The van der Waals surface area contributed by atoms with E-state index < -0.39 is 0 Å². The van der Waals surface area contributed by atoms with E-state index in [-0.39, 0.29) is 6.61 Å². The van der Waals surface area contributed by atoms with Crippen molar-refractivity contribution < 1.29 is 14.6 Å². The molecule has 1 N–H and O–H groups in total. The number of aliphatic hydroxyl groups excluding tert-OH is 1. The van der Waals surface area contributed by atoms with Gasteiger partial charge in [-0.15, -0.1) is 0 Å². The third-order valence-corrected chi connectivity index (χ3v) is 4.62. The Morgan fingerprint density at radius 3 is 2.95 bits per heavy atom. The Kier molecular flexibility index (Phi) is 4.28. The van der Waals surface area contributed by atoms with Gasteiger partial charge in [0, 0.05) is 12.8 Å². The number of fused-ring (bicyclic) bond motifs is 1. The second-order valence-electron chi connectivity index (χ2n) is 4.64. The highest BCUT2D eigenvalue weighted by Gasteiger charge is 2.17. The molecule has 1 aliphatic heterocycles. The minimum Gasteiger partial charge on any atom is -0.486 e. The van der Waals surface area contributed by atoms with E-state index in [9.17, 15) is 0 Å². The zero-order valence-electron chi connectivity index (χ0n) is 11.5. The van der Waals surface area contributed by atoms with E-state index in [1.807, 2.05) is 23.7 Å². The lowest BCUT2D eigenvalue weighted by atomic mass is 10.2. The molecule has 1 aromatic heterocycles. The molecule has 1 aliphatic rings. The predicted octanol–water partition coefficient (Wildman–Crippen LogP) is 2.63. The van der Waals surface area contributed by atoms with Gasteiger partial charge in [0.1, 0.15) is 13.2 Å². The molecule has 0 saturated heterocycles. The topological polar surface area (TPSA) is 56.5 Å². The fourth-order valence-electron chi connectivity index (χ4n) is 2.10. The first-order valence-corrected chi connectivity index (χ1v) is 7.87. The van der Waals surface area contributed by atoms with Crippen LogP contribution in [0, 0.1) is 0 Å². The monoisotopic (exact) mass is 326 g/mol. The SMILES string of the molecule is Cn1c(CO)cnc1SCc1cc(Cl)c2c(c1)OCCO2. The molecule has 7 heteroatoms. The Hall–Kier alpha value is -1.37. The summed E-state index contributed by atoms with van der Waals surface area (Å²) in [7, 11) is 1.89. The summed E-state index contributed by atoms with van der Waals surface area (Å²) in [6, 6.07) is 3.83. The van der Waals surface area contributed by atoms with Crippen molar-refractivity contribution in [2.75, 3.05) is 13.2 Å². The first kappa shape index (κ1) is 14.6. The van der Waals surface area contributed by atoms with E-state index >= 15 is 0 Å². The zero-order valence-corrected chi connectivity index (χ0v) is 13.1. The largest absolute Gasteiger partial charge is 0.486 e. The molecule has 0 fully saturated rings. The highest BCUT2D eigenvalue weighted by Crippen LogP contribution is 2.39. The average Bonchev–Trinajstić information content (AvgIpc) is 2.85. The minimum atomic E-state index is -0.0140. The molecule has 0 amide bonds. The molecular formula is C14H15ClN2O3S. The van der Waals surface area contributed by atoms with Crippen molar-refractivity contribution in [1.29, 1.82) is 0 Å². The lowest BCUT2D eigenvalue weighted by molar-refractivity contribution is 0.171. The number of benzene rings is 1. The summed E-state index contributed by atoms with van der Waals surface area (Å²) in [6.07, 6.45) is 1.68. The van der Waals surface area contributed by atoms with E-state index in [4.69, 9.17) is 26.2 Å². The minimum absolute atomic E-state index is 0.0140. The molecule has 1 aromatic carbocycles. The van der Waals surface area contributed by atoms with E-state index in [0.717, 1.165) is 16.4 Å². The third kappa shape index (κ3) is 2.97. The predicted molar refractivity (Wildman–Crippen MR) is 81.1 cm³/mol. The molecule has 0 spiro atoms. The standard InChI is InChI=1S/C14H15ClN2O3S/c1-17-10(7-18)6-16-14(17)21-8-9-4-11(15)13-12(5-9)19-2-3-20-13/h4-6,18H,2-3,7-8H2,1H3. The Morgan fingerprint density at radius 1 is 1.38 bits per heavy atom. The van der Waals surface area contributed by atoms with Crippen LogP contribution in [0.2, 0.25) is 5.02 Å². The van der Waals surface area contributed by atoms with E-state index in [2.05, 4.69) is 4.98 Å². The number of nitrogens with zero attached hydrogens (tertiary/aromatic N) is 2. The molecule has 0 unspecified atom stereocenters. The molecule has 3 rings (SSSR count). The molecular weight excluding hydrogens is 312 g/mol. The summed E-state index contributed by atoms with van der Waals surface area (Å²) in [5, 5.41) is 10.6. The first-order valence-electron chi connectivity index (χ1n) is 6.51. The van der Waals surface area contributed by atoms with Crippen LogP contribution in [0.1, 0.15) is 11.3 Å². The number of aliphatic hydroxyl groups is 1. The van der Waals surface area contributed by atoms with Gasteiger partial charge in [0.05, 0.1) is 23.5 Å². The van der Waals surface area contributed by atoms with Gasteiger partial charge in [0.15, 0.2) is 16.7 Å². The summed E-state index contributed by atoms with van der Waals surface area (Å²) in [5.41, 5.74) is 1.83. The van der Waals surface area contributed by atoms with Crippen molar-refractivity contribution >= 4 is 23.4 Å². The second kappa shape index (κ2) is 6.17. The third-order valence-electron chi connectivity index (χ3n) is 3.23. The molecule has 0 atom stereocenters. The smallest absolute Gasteiger partial charge is 0.179 e. The van der Waals surface area contributed by atoms with Crippen molar-refractivity contribution in [3.63, 3.8) is 0 Å². The zero-order chi connectivity index (χ0) is 14.8. The maximum atomic E-state index is 9.17. The van der Waals surface area contributed by atoms with Gasteiger partial charge < -0.3 is 19.1 Å². The molecule has 2 heterocycles. The van der Waals surface area contributed by atoms with E-state index in [1.165, 1.54) is 0 Å². The van der Waals surface area contributed by atoms with E-state index in [0.29, 0.717) is 35.5 Å². The quantitative estimate of drug-likeness (QED) is 0.875.